The molecule has 118 valence electrons. The lowest BCUT2D eigenvalue weighted by atomic mass is 10.1. The Hall–Kier alpha value is -1.75. The van der Waals surface area contributed by atoms with Gasteiger partial charge < -0.3 is 9.47 Å². The number of carbonyl (C=O) groups is 1. The molecular weight excluding hydrogens is 300 g/mol. The summed E-state index contributed by atoms with van der Waals surface area (Å²) in [6.45, 7) is 9.20. The van der Waals surface area contributed by atoms with Gasteiger partial charge >= 0.3 is 0 Å². The molecule has 0 saturated carbocycles. The number of rotatable bonds is 2. The SMILES string of the molecule is CC(Cl)C(=O)N1Cc2nn(C(C)(C)C)c(-n3cccc3)c2C1. The van der Waals surface area contributed by atoms with Gasteiger partial charge in [0, 0.05) is 18.0 Å². The van der Waals surface area contributed by atoms with Crippen LogP contribution in [0.1, 0.15) is 39.0 Å². The number of halogens is 1. The predicted octanol–water partition coefficient (Wildman–Crippen LogP) is 2.90. The molecule has 1 amide bonds. The Morgan fingerprint density at radius 3 is 2.45 bits per heavy atom. The zero-order valence-electron chi connectivity index (χ0n) is 13.4. The van der Waals surface area contributed by atoms with E-state index in [1.165, 1.54) is 0 Å². The minimum Gasteiger partial charge on any atom is -0.331 e. The van der Waals surface area contributed by atoms with Gasteiger partial charge in [-0.3, -0.25) is 4.79 Å². The highest BCUT2D eigenvalue weighted by Gasteiger charge is 2.34. The number of nitrogens with zero attached hydrogens (tertiary/aromatic N) is 4. The molecular formula is C16H21ClN4O. The molecule has 3 rings (SSSR count). The maximum absolute atomic E-state index is 12.1. The van der Waals surface area contributed by atoms with Crippen molar-refractivity contribution in [3.8, 4) is 5.82 Å². The van der Waals surface area contributed by atoms with Crippen molar-refractivity contribution in [1.82, 2.24) is 19.2 Å². The lowest BCUT2D eigenvalue weighted by Crippen LogP contribution is -2.33. The Labute approximate surface area is 135 Å². The first kappa shape index (κ1) is 15.2. The van der Waals surface area contributed by atoms with E-state index in [0.29, 0.717) is 13.1 Å². The number of hydrogen-bond acceptors (Lipinski definition) is 2. The molecule has 3 heterocycles. The average molecular weight is 321 g/mol. The lowest BCUT2D eigenvalue weighted by Gasteiger charge is -2.25. The fourth-order valence-electron chi connectivity index (χ4n) is 2.82. The van der Waals surface area contributed by atoms with Gasteiger partial charge in [0.2, 0.25) is 5.91 Å². The van der Waals surface area contributed by atoms with Gasteiger partial charge in [0.25, 0.3) is 0 Å². The minimum atomic E-state index is -0.506. The molecule has 0 aromatic carbocycles. The van der Waals surface area contributed by atoms with Crippen LogP contribution in [-0.2, 0) is 23.4 Å². The molecule has 0 N–H and O–H groups in total. The minimum absolute atomic E-state index is 0.0413. The average Bonchev–Trinajstić information content (AvgIpc) is 3.10. The van der Waals surface area contributed by atoms with Crippen LogP contribution in [0.15, 0.2) is 24.5 Å². The maximum Gasteiger partial charge on any atom is 0.240 e. The number of hydrogen-bond donors (Lipinski definition) is 0. The molecule has 2 aromatic rings. The summed E-state index contributed by atoms with van der Waals surface area (Å²) in [4.78, 5) is 13.9. The first-order valence-electron chi connectivity index (χ1n) is 7.46. The molecule has 0 spiro atoms. The molecule has 2 aromatic heterocycles. The van der Waals surface area contributed by atoms with E-state index < -0.39 is 5.38 Å². The van der Waals surface area contributed by atoms with E-state index in [2.05, 4.69) is 25.3 Å². The smallest absolute Gasteiger partial charge is 0.240 e. The molecule has 1 atom stereocenters. The summed E-state index contributed by atoms with van der Waals surface area (Å²) >= 11 is 5.94. The highest BCUT2D eigenvalue weighted by atomic mass is 35.5. The Kier molecular flexibility index (Phi) is 3.56. The van der Waals surface area contributed by atoms with Crippen LogP contribution < -0.4 is 0 Å². The second-order valence-corrected chi connectivity index (χ2v) is 7.39. The van der Waals surface area contributed by atoms with Crippen molar-refractivity contribution in [2.75, 3.05) is 0 Å². The molecule has 1 aliphatic rings. The van der Waals surface area contributed by atoms with E-state index in [9.17, 15) is 4.79 Å². The lowest BCUT2D eigenvalue weighted by molar-refractivity contribution is -0.131. The summed E-state index contributed by atoms with van der Waals surface area (Å²) in [6, 6.07) is 3.98. The van der Waals surface area contributed by atoms with Crippen molar-refractivity contribution in [3.05, 3.63) is 35.8 Å². The predicted molar refractivity (Wildman–Crippen MR) is 86.1 cm³/mol. The topological polar surface area (TPSA) is 43.1 Å². The van der Waals surface area contributed by atoms with Gasteiger partial charge in [-0.05, 0) is 39.8 Å². The second-order valence-electron chi connectivity index (χ2n) is 6.73. The standard InChI is InChI=1S/C16H21ClN4O/c1-11(17)15(22)20-9-12-13(10-20)18-21(16(2,3)4)14(12)19-7-5-6-8-19/h5-8,11H,9-10H2,1-4H3. The summed E-state index contributed by atoms with van der Waals surface area (Å²) in [6.07, 6.45) is 4.02. The van der Waals surface area contributed by atoms with Crippen molar-refractivity contribution >= 4 is 17.5 Å². The van der Waals surface area contributed by atoms with Crippen LogP contribution >= 0.6 is 11.6 Å². The molecule has 0 bridgehead atoms. The van der Waals surface area contributed by atoms with Crippen molar-refractivity contribution in [3.63, 3.8) is 0 Å². The third-order valence-corrected chi connectivity index (χ3v) is 4.05. The van der Waals surface area contributed by atoms with Gasteiger partial charge in [0.05, 0.1) is 24.3 Å². The van der Waals surface area contributed by atoms with E-state index in [4.69, 9.17) is 16.7 Å². The molecule has 0 aliphatic carbocycles. The largest absolute Gasteiger partial charge is 0.331 e. The van der Waals surface area contributed by atoms with Crippen molar-refractivity contribution in [2.45, 2.75) is 51.7 Å². The van der Waals surface area contributed by atoms with E-state index in [1.54, 1.807) is 11.8 Å². The summed E-state index contributed by atoms with van der Waals surface area (Å²) < 4.78 is 4.11. The maximum atomic E-state index is 12.1. The zero-order chi connectivity index (χ0) is 16.1. The first-order chi connectivity index (χ1) is 10.3. The van der Waals surface area contributed by atoms with Crippen LogP contribution in [0.25, 0.3) is 5.82 Å². The van der Waals surface area contributed by atoms with Crippen molar-refractivity contribution in [1.29, 1.82) is 0 Å². The third-order valence-electron chi connectivity index (χ3n) is 3.87. The third kappa shape index (κ3) is 2.43. The van der Waals surface area contributed by atoms with Crippen LogP contribution in [0.2, 0.25) is 0 Å². The number of aromatic nitrogens is 3. The molecule has 6 heteroatoms. The van der Waals surface area contributed by atoms with Crippen molar-refractivity contribution < 1.29 is 4.79 Å². The highest BCUT2D eigenvalue weighted by Crippen LogP contribution is 2.32. The second kappa shape index (κ2) is 5.16. The van der Waals surface area contributed by atoms with Gasteiger partial charge in [-0.1, -0.05) is 0 Å². The first-order valence-corrected chi connectivity index (χ1v) is 7.90. The van der Waals surface area contributed by atoms with Crippen LogP contribution in [0.4, 0.5) is 0 Å². The number of fused-ring (bicyclic) bond motifs is 1. The molecule has 1 unspecified atom stereocenters. The van der Waals surface area contributed by atoms with Gasteiger partial charge in [-0.25, -0.2) is 4.68 Å². The van der Waals surface area contributed by atoms with E-state index in [0.717, 1.165) is 17.1 Å². The molecule has 1 aliphatic heterocycles. The Balaban J connectivity index is 2.05. The van der Waals surface area contributed by atoms with Gasteiger partial charge in [-0.15, -0.1) is 11.6 Å². The van der Waals surface area contributed by atoms with Gasteiger partial charge in [-0.2, -0.15) is 5.10 Å². The highest BCUT2D eigenvalue weighted by molar-refractivity contribution is 6.30. The quantitative estimate of drug-likeness (QED) is 0.799. The van der Waals surface area contributed by atoms with Crippen molar-refractivity contribution in [2.24, 2.45) is 0 Å². The Bertz CT molecular complexity index is 695. The van der Waals surface area contributed by atoms with Crippen LogP contribution in [0, 0.1) is 0 Å². The summed E-state index contributed by atoms with van der Waals surface area (Å²) in [5, 5.41) is 4.26. The number of amides is 1. The molecule has 0 fully saturated rings. The monoisotopic (exact) mass is 320 g/mol. The van der Waals surface area contributed by atoms with E-state index in [-0.39, 0.29) is 11.4 Å². The zero-order valence-corrected chi connectivity index (χ0v) is 14.1. The van der Waals surface area contributed by atoms with E-state index in [1.807, 2.05) is 29.2 Å². The molecule has 22 heavy (non-hydrogen) atoms. The number of alkyl halides is 1. The normalized spacial score (nSPS) is 16.0. The Morgan fingerprint density at radius 1 is 1.27 bits per heavy atom. The van der Waals surface area contributed by atoms with Crippen LogP contribution in [-0.4, -0.2) is 30.5 Å². The summed E-state index contributed by atoms with van der Waals surface area (Å²) in [7, 11) is 0. The van der Waals surface area contributed by atoms with Crippen LogP contribution in [0.3, 0.4) is 0 Å². The molecule has 5 nitrogen and oxygen atoms in total. The number of carbonyl (C=O) groups excluding carboxylic acids is 1. The molecule has 0 radical (unpaired) electrons. The fourth-order valence-corrected chi connectivity index (χ4v) is 2.96. The van der Waals surface area contributed by atoms with E-state index >= 15 is 0 Å². The molecule has 0 saturated heterocycles. The fraction of sp³-hybridized carbons (Fsp3) is 0.500. The van der Waals surface area contributed by atoms with Gasteiger partial charge in [0.1, 0.15) is 11.2 Å². The summed E-state index contributed by atoms with van der Waals surface area (Å²) in [5.74, 6) is 0.991. The summed E-state index contributed by atoms with van der Waals surface area (Å²) in [5.41, 5.74) is 1.94. The van der Waals surface area contributed by atoms with Gasteiger partial charge in [0.15, 0.2) is 0 Å². The van der Waals surface area contributed by atoms with Crippen LogP contribution in [0.5, 0.6) is 0 Å². The Morgan fingerprint density at radius 2 is 1.91 bits per heavy atom.